The molecule has 28 heavy (non-hydrogen) atoms. The van der Waals surface area contributed by atoms with Crippen molar-refractivity contribution in [3.63, 3.8) is 0 Å². The van der Waals surface area contributed by atoms with Gasteiger partial charge in [-0.05, 0) is 31.0 Å². The summed E-state index contributed by atoms with van der Waals surface area (Å²) in [5, 5.41) is 9.69. The zero-order chi connectivity index (χ0) is 20.1. The fraction of sp³-hybridized carbons (Fsp3) is 0.438. The van der Waals surface area contributed by atoms with Crippen LogP contribution < -0.4 is 0 Å². The Bertz CT molecular complexity index is 979. The minimum absolute atomic E-state index is 0.133. The lowest BCUT2D eigenvalue weighted by atomic mass is 10.2. The molecule has 0 spiro atoms. The summed E-state index contributed by atoms with van der Waals surface area (Å²) in [5.74, 6) is -0.359. The zero-order valence-corrected chi connectivity index (χ0v) is 15.2. The van der Waals surface area contributed by atoms with E-state index in [4.69, 9.17) is 0 Å². The van der Waals surface area contributed by atoms with E-state index in [1.54, 1.807) is 0 Å². The Kier molecular flexibility index (Phi) is 4.42. The van der Waals surface area contributed by atoms with Crippen LogP contribution in [0.2, 0.25) is 0 Å². The van der Waals surface area contributed by atoms with Crippen molar-refractivity contribution in [1.29, 1.82) is 0 Å². The number of halogens is 3. The highest BCUT2D eigenvalue weighted by Gasteiger charge is 2.48. The molecule has 1 amide bonds. The van der Waals surface area contributed by atoms with Gasteiger partial charge in [-0.25, -0.2) is 8.42 Å². The van der Waals surface area contributed by atoms with Gasteiger partial charge >= 0.3 is 6.18 Å². The molecule has 2 saturated heterocycles. The number of nitrogens with zero attached hydrogens (tertiary/aromatic N) is 4. The Morgan fingerprint density at radius 3 is 2.43 bits per heavy atom. The summed E-state index contributed by atoms with van der Waals surface area (Å²) in [6, 6.07) is 2.76. The Morgan fingerprint density at radius 1 is 1.18 bits per heavy atom. The molecule has 3 heterocycles. The van der Waals surface area contributed by atoms with Gasteiger partial charge in [0, 0.05) is 25.2 Å². The highest BCUT2D eigenvalue weighted by molar-refractivity contribution is 7.89. The number of hydrogen-bond acceptors (Lipinski definition) is 5. The van der Waals surface area contributed by atoms with Crippen LogP contribution in [0.25, 0.3) is 0 Å². The number of likely N-dealkylation sites (tertiary alicyclic amines) is 1. The van der Waals surface area contributed by atoms with Gasteiger partial charge < -0.3 is 4.90 Å². The molecule has 2 unspecified atom stereocenters. The number of fused-ring (bicyclic) bond motifs is 2. The van der Waals surface area contributed by atoms with Gasteiger partial charge in [-0.15, -0.1) is 0 Å². The number of rotatable bonds is 3. The number of carbonyl (C=O) groups is 1. The first-order valence-electron chi connectivity index (χ1n) is 8.54. The smallest absolute Gasteiger partial charge is 0.334 e. The normalized spacial score (nSPS) is 23.2. The van der Waals surface area contributed by atoms with Crippen molar-refractivity contribution < 1.29 is 26.4 Å². The van der Waals surface area contributed by atoms with E-state index in [9.17, 15) is 26.4 Å². The summed E-state index contributed by atoms with van der Waals surface area (Å²) in [4.78, 5) is 13.6. The van der Waals surface area contributed by atoms with Gasteiger partial charge in [-0.1, -0.05) is 6.07 Å². The van der Waals surface area contributed by atoms with Crippen LogP contribution in [0.15, 0.2) is 35.4 Å². The number of aromatic amines is 1. The molecule has 1 aromatic carbocycles. The SMILES string of the molecule is O=C(c1cn[nH]n1)N1CC2CCC(C1)N2S(=O)(=O)c1cccc(C(F)(F)F)c1. The minimum atomic E-state index is -4.63. The Balaban J connectivity index is 1.60. The van der Waals surface area contributed by atoms with Crippen molar-refractivity contribution in [2.24, 2.45) is 0 Å². The molecule has 0 aliphatic carbocycles. The summed E-state index contributed by atoms with van der Waals surface area (Å²) in [6.45, 7) is 0.306. The number of aromatic nitrogens is 3. The predicted octanol–water partition coefficient (Wildman–Crippen LogP) is 1.50. The van der Waals surface area contributed by atoms with Crippen molar-refractivity contribution in [2.45, 2.75) is 36.0 Å². The van der Waals surface area contributed by atoms with E-state index in [1.807, 2.05) is 0 Å². The molecule has 2 fully saturated rings. The number of sulfonamides is 1. The third-order valence-corrected chi connectivity index (χ3v) is 7.07. The average Bonchev–Trinajstić information content (AvgIpc) is 3.27. The molecule has 2 aliphatic rings. The minimum Gasteiger partial charge on any atom is -0.334 e. The maximum absolute atomic E-state index is 13.1. The number of nitrogens with one attached hydrogen (secondary N) is 1. The molecule has 0 radical (unpaired) electrons. The molecule has 1 aromatic heterocycles. The third-order valence-electron chi connectivity index (χ3n) is 5.07. The van der Waals surface area contributed by atoms with Gasteiger partial charge in [-0.2, -0.15) is 32.9 Å². The van der Waals surface area contributed by atoms with E-state index < -0.39 is 38.7 Å². The zero-order valence-electron chi connectivity index (χ0n) is 14.4. The molecule has 4 rings (SSSR count). The predicted molar refractivity (Wildman–Crippen MR) is 89.6 cm³/mol. The van der Waals surface area contributed by atoms with Crippen LogP contribution in [-0.2, 0) is 16.2 Å². The van der Waals surface area contributed by atoms with Crippen molar-refractivity contribution >= 4 is 15.9 Å². The van der Waals surface area contributed by atoms with Crippen LogP contribution >= 0.6 is 0 Å². The third kappa shape index (κ3) is 3.15. The van der Waals surface area contributed by atoms with Gasteiger partial charge in [0.1, 0.15) is 0 Å². The molecular formula is C16H16F3N5O3S. The van der Waals surface area contributed by atoms with Crippen molar-refractivity contribution in [2.75, 3.05) is 13.1 Å². The maximum atomic E-state index is 13.1. The summed E-state index contributed by atoms with van der Waals surface area (Å²) in [5.41, 5.74) is -0.880. The van der Waals surface area contributed by atoms with Gasteiger partial charge in [0.15, 0.2) is 5.69 Å². The second-order valence-electron chi connectivity index (χ2n) is 6.81. The molecule has 2 aliphatic heterocycles. The van der Waals surface area contributed by atoms with Crippen LogP contribution in [0.1, 0.15) is 28.9 Å². The number of amides is 1. The van der Waals surface area contributed by atoms with E-state index in [2.05, 4.69) is 15.4 Å². The van der Waals surface area contributed by atoms with Crippen molar-refractivity contribution in [1.82, 2.24) is 24.6 Å². The van der Waals surface area contributed by atoms with E-state index in [-0.39, 0.29) is 24.7 Å². The second kappa shape index (κ2) is 6.55. The van der Waals surface area contributed by atoms with Crippen molar-refractivity contribution in [3.05, 3.63) is 41.7 Å². The molecular weight excluding hydrogens is 399 g/mol. The van der Waals surface area contributed by atoms with Crippen LogP contribution in [-0.4, -0.2) is 64.1 Å². The van der Waals surface area contributed by atoms with Crippen LogP contribution in [0.3, 0.4) is 0 Å². The molecule has 0 saturated carbocycles. The van der Waals surface area contributed by atoms with E-state index in [1.165, 1.54) is 15.4 Å². The van der Waals surface area contributed by atoms with Gasteiger partial charge in [-0.3, -0.25) is 4.79 Å². The topological polar surface area (TPSA) is 99.3 Å². The standard InChI is InChI=1S/C16H16F3N5O3S/c17-16(18,19)10-2-1-3-13(6-10)28(26,27)24-11-4-5-12(24)9-23(8-11)15(25)14-7-20-22-21-14/h1-3,6-7,11-12H,4-5,8-9H2,(H,20,21,22). The summed E-state index contributed by atoms with van der Waals surface area (Å²) >= 11 is 0. The molecule has 12 heteroatoms. The number of hydrogen-bond donors (Lipinski definition) is 1. The van der Waals surface area contributed by atoms with E-state index in [0.717, 1.165) is 18.2 Å². The fourth-order valence-corrected chi connectivity index (χ4v) is 5.74. The lowest BCUT2D eigenvalue weighted by Crippen LogP contribution is -2.57. The Hall–Kier alpha value is -2.47. The van der Waals surface area contributed by atoms with E-state index >= 15 is 0 Å². The lowest BCUT2D eigenvalue weighted by molar-refractivity contribution is -0.137. The highest BCUT2D eigenvalue weighted by atomic mass is 32.2. The first-order valence-corrected chi connectivity index (χ1v) is 9.98. The average molecular weight is 415 g/mol. The number of piperazine rings is 1. The van der Waals surface area contributed by atoms with E-state index in [0.29, 0.717) is 18.9 Å². The van der Waals surface area contributed by atoms with Crippen molar-refractivity contribution in [3.8, 4) is 0 Å². The van der Waals surface area contributed by atoms with Crippen LogP contribution in [0.5, 0.6) is 0 Å². The first kappa shape index (κ1) is 18.9. The number of alkyl halides is 3. The molecule has 1 N–H and O–H groups in total. The van der Waals surface area contributed by atoms with Gasteiger partial charge in [0.2, 0.25) is 10.0 Å². The van der Waals surface area contributed by atoms with Crippen LogP contribution in [0.4, 0.5) is 13.2 Å². The quantitative estimate of drug-likeness (QED) is 0.819. The van der Waals surface area contributed by atoms with Gasteiger partial charge in [0.25, 0.3) is 5.91 Å². The monoisotopic (exact) mass is 415 g/mol. The molecule has 2 atom stereocenters. The van der Waals surface area contributed by atoms with Gasteiger partial charge in [0.05, 0.1) is 16.7 Å². The first-order chi connectivity index (χ1) is 13.2. The summed E-state index contributed by atoms with van der Waals surface area (Å²) in [7, 11) is -4.12. The number of benzene rings is 1. The highest BCUT2D eigenvalue weighted by Crippen LogP contribution is 2.37. The number of H-pyrrole nitrogens is 1. The van der Waals surface area contributed by atoms with Crippen LogP contribution in [0, 0.1) is 0 Å². The lowest BCUT2D eigenvalue weighted by Gasteiger charge is -2.39. The maximum Gasteiger partial charge on any atom is 0.416 e. The molecule has 2 bridgehead atoms. The molecule has 2 aromatic rings. The molecule has 8 nitrogen and oxygen atoms in total. The summed E-state index contributed by atoms with van der Waals surface area (Å²) < 4.78 is 66.3. The Labute approximate surface area is 158 Å². The Morgan fingerprint density at radius 2 is 1.86 bits per heavy atom. The fourth-order valence-electron chi connectivity index (χ4n) is 3.84. The molecule has 150 valence electrons. The largest absolute Gasteiger partial charge is 0.416 e. The number of carbonyl (C=O) groups excluding carboxylic acids is 1. The second-order valence-corrected chi connectivity index (χ2v) is 8.65. The summed E-state index contributed by atoms with van der Waals surface area (Å²) in [6.07, 6.45) is -2.28.